The van der Waals surface area contributed by atoms with E-state index in [9.17, 15) is 14.4 Å². The van der Waals surface area contributed by atoms with Gasteiger partial charge in [0.05, 0.1) is 12.2 Å². The Morgan fingerprint density at radius 3 is 2.48 bits per heavy atom. The van der Waals surface area contributed by atoms with Crippen molar-refractivity contribution in [1.82, 2.24) is 0 Å². The first-order chi connectivity index (χ1) is 10.9. The molecule has 0 fully saturated rings. The van der Waals surface area contributed by atoms with Gasteiger partial charge in [0.1, 0.15) is 5.92 Å². The molecule has 0 radical (unpaired) electrons. The second-order valence-electron chi connectivity index (χ2n) is 5.49. The number of aromatic carboxylic acids is 1. The second-order valence-corrected chi connectivity index (χ2v) is 5.49. The smallest absolute Gasteiger partial charge is 0.335 e. The van der Waals surface area contributed by atoms with Gasteiger partial charge in [0, 0.05) is 17.5 Å². The number of hydrogen-bond acceptors (Lipinski definition) is 5. The molecule has 0 saturated carbocycles. The number of carboxylic acids is 1. The standard InChI is InChI=1S/C17H19NO5/c1-3-23-17(22)15-10(2)8-13(9-14(15)19)18-12-6-4-11(5-7-12)16(20)21/h4-7,9-10,15,18H,3,8H2,1-2H3,(H,20,21)/t10-,15+/m1/s1. The van der Waals surface area contributed by atoms with Crippen LogP contribution in [0.1, 0.15) is 30.6 Å². The van der Waals surface area contributed by atoms with Gasteiger partial charge in [-0.15, -0.1) is 0 Å². The van der Waals surface area contributed by atoms with Crippen molar-refractivity contribution in [3.05, 3.63) is 41.6 Å². The molecule has 1 aromatic rings. The number of benzene rings is 1. The molecule has 2 rings (SSSR count). The lowest BCUT2D eigenvalue weighted by Crippen LogP contribution is -2.34. The van der Waals surface area contributed by atoms with Gasteiger partial charge in [0.2, 0.25) is 0 Å². The fourth-order valence-electron chi connectivity index (χ4n) is 2.61. The maximum atomic E-state index is 12.2. The minimum absolute atomic E-state index is 0.160. The van der Waals surface area contributed by atoms with Gasteiger partial charge in [-0.3, -0.25) is 9.59 Å². The van der Waals surface area contributed by atoms with E-state index in [0.717, 1.165) is 0 Å². The maximum Gasteiger partial charge on any atom is 0.335 e. The summed E-state index contributed by atoms with van der Waals surface area (Å²) in [4.78, 5) is 34.8. The lowest BCUT2D eigenvalue weighted by molar-refractivity contribution is -0.152. The number of rotatable bonds is 5. The Balaban J connectivity index is 2.10. The van der Waals surface area contributed by atoms with Crippen LogP contribution in [0, 0.1) is 11.8 Å². The second kappa shape index (κ2) is 7.09. The number of anilines is 1. The van der Waals surface area contributed by atoms with Crippen molar-refractivity contribution in [2.24, 2.45) is 11.8 Å². The predicted octanol–water partition coefficient (Wildman–Crippen LogP) is 2.47. The molecule has 1 aliphatic carbocycles. The number of ketones is 1. The fraction of sp³-hybridized carbons (Fsp3) is 0.353. The van der Waals surface area contributed by atoms with Crippen LogP contribution in [0.2, 0.25) is 0 Å². The third-order valence-corrected chi connectivity index (χ3v) is 3.71. The molecule has 0 aliphatic heterocycles. The van der Waals surface area contributed by atoms with Crippen molar-refractivity contribution in [3.8, 4) is 0 Å². The third kappa shape index (κ3) is 3.97. The van der Waals surface area contributed by atoms with Crippen LogP contribution >= 0.6 is 0 Å². The summed E-state index contributed by atoms with van der Waals surface area (Å²) in [5, 5.41) is 12.0. The van der Waals surface area contributed by atoms with Crippen LogP contribution < -0.4 is 5.32 Å². The van der Waals surface area contributed by atoms with E-state index in [2.05, 4.69) is 5.32 Å². The van der Waals surface area contributed by atoms with Crippen LogP contribution in [0.25, 0.3) is 0 Å². The summed E-state index contributed by atoms with van der Waals surface area (Å²) in [5.41, 5.74) is 1.59. The highest BCUT2D eigenvalue weighted by Gasteiger charge is 2.36. The summed E-state index contributed by atoms with van der Waals surface area (Å²) >= 11 is 0. The summed E-state index contributed by atoms with van der Waals surface area (Å²) in [7, 11) is 0. The Hall–Kier alpha value is -2.63. The molecule has 0 aromatic heterocycles. The van der Waals surface area contributed by atoms with Gasteiger partial charge in [-0.05, 0) is 43.5 Å². The molecule has 0 saturated heterocycles. The number of hydrogen-bond donors (Lipinski definition) is 2. The van der Waals surface area contributed by atoms with E-state index in [-0.39, 0.29) is 23.9 Å². The Morgan fingerprint density at radius 2 is 1.96 bits per heavy atom. The first kappa shape index (κ1) is 16.7. The first-order valence-electron chi connectivity index (χ1n) is 7.43. The Morgan fingerprint density at radius 1 is 1.30 bits per heavy atom. The molecular formula is C17H19NO5. The molecule has 0 amide bonds. The molecule has 0 heterocycles. The van der Waals surface area contributed by atoms with Crippen molar-refractivity contribution in [2.45, 2.75) is 20.3 Å². The first-order valence-corrected chi connectivity index (χ1v) is 7.43. The number of carbonyl (C=O) groups is 3. The highest BCUT2D eigenvalue weighted by atomic mass is 16.5. The zero-order valence-corrected chi connectivity index (χ0v) is 13.0. The van der Waals surface area contributed by atoms with E-state index in [4.69, 9.17) is 9.84 Å². The summed E-state index contributed by atoms with van der Waals surface area (Å²) in [6, 6.07) is 6.25. The van der Waals surface area contributed by atoms with Crippen LogP contribution in [0.5, 0.6) is 0 Å². The fourth-order valence-corrected chi connectivity index (χ4v) is 2.61. The van der Waals surface area contributed by atoms with Gasteiger partial charge in [-0.1, -0.05) is 6.92 Å². The van der Waals surface area contributed by atoms with Gasteiger partial charge in [0.15, 0.2) is 5.78 Å². The van der Waals surface area contributed by atoms with E-state index >= 15 is 0 Å². The van der Waals surface area contributed by atoms with E-state index in [1.807, 2.05) is 6.92 Å². The zero-order valence-electron chi connectivity index (χ0n) is 13.0. The van der Waals surface area contributed by atoms with Crippen LogP contribution in [0.4, 0.5) is 5.69 Å². The minimum Gasteiger partial charge on any atom is -0.478 e. The van der Waals surface area contributed by atoms with Gasteiger partial charge >= 0.3 is 11.9 Å². The molecule has 1 aliphatic rings. The monoisotopic (exact) mass is 317 g/mol. The van der Waals surface area contributed by atoms with Gasteiger partial charge in [-0.25, -0.2) is 4.79 Å². The molecule has 122 valence electrons. The van der Waals surface area contributed by atoms with Crippen molar-refractivity contribution >= 4 is 23.4 Å². The number of nitrogens with one attached hydrogen (secondary N) is 1. The number of esters is 1. The molecule has 23 heavy (non-hydrogen) atoms. The molecule has 0 spiro atoms. The lowest BCUT2D eigenvalue weighted by Gasteiger charge is -2.26. The lowest BCUT2D eigenvalue weighted by atomic mass is 9.82. The number of carboxylic acid groups (broad SMARTS) is 1. The quantitative estimate of drug-likeness (QED) is 0.640. The topological polar surface area (TPSA) is 92.7 Å². The molecule has 2 N–H and O–H groups in total. The van der Waals surface area contributed by atoms with Gasteiger partial charge in [0.25, 0.3) is 0 Å². The SMILES string of the molecule is CCOC(=O)[C@@H]1C(=O)C=C(Nc2ccc(C(=O)O)cc2)C[C@H]1C. The molecule has 6 nitrogen and oxygen atoms in total. The summed E-state index contributed by atoms with van der Waals surface area (Å²) in [5.74, 6) is -2.66. The molecule has 1 aromatic carbocycles. The Bertz CT molecular complexity index is 647. The maximum absolute atomic E-state index is 12.2. The Labute approximate surface area is 134 Å². The van der Waals surface area contributed by atoms with Crippen LogP contribution in [0.15, 0.2) is 36.0 Å². The van der Waals surface area contributed by atoms with E-state index in [1.54, 1.807) is 19.1 Å². The largest absolute Gasteiger partial charge is 0.478 e. The van der Waals surface area contributed by atoms with E-state index in [1.165, 1.54) is 18.2 Å². The normalized spacial score (nSPS) is 20.6. The van der Waals surface area contributed by atoms with E-state index in [0.29, 0.717) is 17.8 Å². The molecule has 6 heteroatoms. The van der Waals surface area contributed by atoms with Crippen LogP contribution in [-0.2, 0) is 14.3 Å². The van der Waals surface area contributed by atoms with Gasteiger partial charge in [-0.2, -0.15) is 0 Å². The van der Waals surface area contributed by atoms with Crippen LogP contribution in [0.3, 0.4) is 0 Å². The summed E-state index contributed by atoms with van der Waals surface area (Å²) in [6.45, 7) is 3.79. The minimum atomic E-state index is -0.991. The van der Waals surface area contributed by atoms with Crippen molar-refractivity contribution in [3.63, 3.8) is 0 Å². The molecule has 0 unspecified atom stereocenters. The van der Waals surface area contributed by atoms with Crippen LogP contribution in [-0.4, -0.2) is 29.4 Å². The zero-order chi connectivity index (χ0) is 17.0. The Kier molecular flexibility index (Phi) is 5.16. The summed E-state index contributed by atoms with van der Waals surface area (Å²) < 4.78 is 4.95. The molecular weight excluding hydrogens is 298 g/mol. The number of carbonyl (C=O) groups excluding carboxylic acids is 2. The number of allylic oxidation sites excluding steroid dienone is 2. The third-order valence-electron chi connectivity index (χ3n) is 3.71. The van der Waals surface area contributed by atoms with E-state index < -0.39 is 17.9 Å². The van der Waals surface area contributed by atoms with Gasteiger partial charge < -0.3 is 15.2 Å². The van der Waals surface area contributed by atoms with Crippen molar-refractivity contribution in [1.29, 1.82) is 0 Å². The van der Waals surface area contributed by atoms with Crippen molar-refractivity contribution < 1.29 is 24.2 Å². The summed E-state index contributed by atoms with van der Waals surface area (Å²) in [6.07, 6.45) is 1.96. The highest BCUT2D eigenvalue weighted by molar-refractivity contribution is 6.06. The number of ether oxygens (including phenoxy) is 1. The average Bonchev–Trinajstić information content (AvgIpc) is 2.47. The van der Waals surface area contributed by atoms with Crippen molar-refractivity contribution in [2.75, 3.05) is 11.9 Å². The molecule has 0 bridgehead atoms. The average molecular weight is 317 g/mol. The highest BCUT2D eigenvalue weighted by Crippen LogP contribution is 2.29. The predicted molar refractivity (Wildman–Crippen MR) is 84.0 cm³/mol. The molecule has 2 atom stereocenters.